The number of benzene rings is 2. The second-order valence-corrected chi connectivity index (χ2v) is 9.86. The Labute approximate surface area is 179 Å². The van der Waals surface area contributed by atoms with Gasteiger partial charge in [-0.05, 0) is 23.8 Å². The first-order valence-electron chi connectivity index (χ1n) is 9.53. The molecule has 0 aliphatic heterocycles. The lowest BCUT2D eigenvalue weighted by atomic mass is 9.71. The summed E-state index contributed by atoms with van der Waals surface area (Å²) in [6.45, 7) is 4.15. The molecule has 3 aromatic rings. The van der Waals surface area contributed by atoms with Crippen molar-refractivity contribution in [2.45, 2.75) is 24.2 Å². The van der Waals surface area contributed by atoms with Gasteiger partial charge in [-0.3, -0.25) is 4.79 Å². The number of ketones is 1. The molecule has 1 heterocycles. The fraction of sp³-hybridized carbons (Fsp3) is 0.304. The Morgan fingerprint density at radius 2 is 1.93 bits per heavy atom. The van der Waals surface area contributed by atoms with Crippen molar-refractivity contribution in [2.24, 2.45) is 7.05 Å². The van der Waals surface area contributed by atoms with Gasteiger partial charge in [0.15, 0.2) is 11.5 Å². The normalized spacial score (nSPS) is 15.6. The van der Waals surface area contributed by atoms with Gasteiger partial charge >= 0.3 is 0 Å². The Balaban J connectivity index is 2.06. The minimum Gasteiger partial charge on any atom is -0.593 e. The first kappa shape index (κ1) is 20.5. The SMILES string of the molecule is COc1cc2c(cc1[S+]([O-])N(C)C)C(=O)c1c(n(C)c3cc(C#N)ccc13)C2(C)C. The fourth-order valence-corrected chi connectivity index (χ4v) is 5.41. The summed E-state index contributed by atoms with van der Waals surface area (Å²) < 4.78 is 21.9. The van der Waals surface area contributed by atoms with Crippen LogP contribution in [0, 0.1) is 11.3 Å². The molecule has 1 aliphatic carbocycles. The standard InChI is InChI=1S/C23H23N3O3S/c1-23(2)16-11-18(29-6)19(30(28)25(3)4)10-15(16)21(27)20-14-8-7-13(12-24)9-17(14)26(5)22(20)23/h7-11H,1-6H3. The number of nitriles is 1. The number of ether oxygens (including phenoxy) is 1. The minimum absolute atomic E-state index is 0.103. The first-order chi connectivity index (χ1) is 14.1. The molecule has 1 unspecified atom stereocenters. The van der Waals surface area contributed by atoms with Gasteiger partial charge < -0.3 is 13.9 Å². The number of aryl methyl sites for hydroxylation is 1. The van der Waals surface area contributed by atoms with Crippen molar-refractivity contribution in [1.82, 2.24) is 8.87 Å². The summed E-state index contributed by atoms with van der Waals surface area (Å²) in [6, 6.07) is 11.1. The van der Waals surface area contributed by atoms with E-state index >= 15 is 0 Å². The van der Waals surface area contributed by atoms with Crippen LogP contribution >= 0.6 is 0 Å². The van der Waals surface area contributed by atoms with E-state index in [4.69, 9.17) is 4.74 Å². The van der Waals surface area contributed by atoms with Crippen molar-refractivity contribution in [3.63, 3.8) is 0 Å². The predicted octanol–water partition coefficient (Wildman–Crippen LogP) is 3.51. The molecule has 30 heavy (non-hydrogen) atoms. The number of aromatic nitrogens is 1. The van der Waals surface area contributed by atoms with Gasteiger partial charge in [-0.25, -0.2) is 0 Å². The third-order valence-corrected chi connectivity index (χ3v) is 7.25. The van der Waals surface area contributed by atoms with Crippen molar-refractivity contribution in [3.05, 3.63) is 58.3 Å². The van der Waals surface area contributed by atoms with Gasteiger partial charge in [0.1, 0.15) is 0 Å². The molecule has 2 aromatic carbocycles. The summed E-state index contributed by atoms with van der Waals surface area (Å²) in [5, 5.41) is 10.1. The number of hydrogen-bond donors (Lipinski definition) is 0. The number of rotatable bonds is 3. The molecule has 0 radical (unpaired) electrons. The van der Waals surface area contributed by atoms with Crippen LogP contribution < -0.4 is 4.74 Å². The van der Waals surface area contributed by atoms with E-state index in [1.165, 1.54) is 0 Å². The van der Waals surface area contributed by atoms with E-state index < -0.39 is 16.8 Å². The third-order valence-electron chi connectivity index (χ3n) is 5.89. The van der Waals surface area contributed by atoms with E-state index in [0.717, 1.165) is 22.2 Å². The van der Waals surface area contributed by atoms with Crippen LogP contribution in [0.1, 0.15) is 46.6 Å². The topological polar surface area (TPSA) is 81.3 Å². The molecule has 0 spiro atoms. The monoisotopic (exact) mass is 421 g/mol. The zero-order chi connectivity index (χ0) is 22.0. The molecule has 0 N–H and O–H groups in total. The molecule has 0 bridgehead atoms. The lowest BCUT2D eigenvalue weighted by Gasteiger charge is -2.34. The highest BCUT2D eigenvalue weighted by Gasteiger charge is 2.42. The van der Waals surface area contributed by atoms with Gasteiger partial charge in [0.25, 0.3) is 0 Å². The lowest BCUT2D eigenvalue weighted by Crippen LogP contribution is -2.33. The van der Waals surface area contributed by atoms with Gasteiger partial charge in [-0.15, -0.1) is 4.31 Å². The Kier molecular flexibility index (Phi) is 4.70. The maximum absolute atomic E-state index is 13.7. The van der Waals surface area contributed by atoms with Crippen LogP contribution in [0.2, 0.25) is 0 Å². The van der Waals surface area contributed by atoms with E-state index in [-0.39, 0.29) is 5.78 Å². The summed E-state index contributed by atoms with van der Waals surface area (Å²) in [7, 11) is 6.91. The predicted molar refractivity (Wildman–Crippen MR) is 116 cm³/mol. The maximum atomic E-state index is 13.7. The molecule has 0 saturated heterocycles. The Hall–Kier alpha value is -2.79. The number of methoxy groups -OCH3 is 1. The second kappa shape index (κ2) is 6.88. The summed E-state index contributed by atoms with van der Waals surface area (Å²) >= 11 is -1.45. The summed E-state index contributed by atoms with van der Waals surface area (Å²) in [5.41, 5.74) is 3.81. The molecule has 7 heteroatoms. The van der Waals surface area contributed by atoms with E-state index in [1.807, 2.05) is 29.8 Å². The van der Waals surface area contributed by atoms with Gasteiger partial charge in [-0.1, -0.05) is 19.9 Å². The third kappa shape index (κ3) is 2.68. The molecule has 1 aliphatic rings. The summed E-state index contributed by atoms with van der Waals surface area (Å²) in [4.78, 5) is 14.2. The Bertz CT molecular complexity index is 1250. The largest absolute Gasteiger partial charge is 0.593 e. The van der Waals surface area contributed by atoms with Crippen LogP contribution in [0.15, 0.2) is 35.2 Å². The second-order valence-electron chi connectivity index (χ2n) is 8.19. The number of carbonyl (C=O) groups is 1. The van der Waals surface area contributed by atoms with E-state index in [9.17, 15) is 14.6 Å². The van der Waals surface area contributed by atoms with E-state index in [0.29, 0.717) is 27.3 Å². The van der Waals surface area contributed by atoms with Crippen molar-refractivity contribution in [1.29, 1.82) is 5.26 Å². The van der Waals surface area contributed by atoms with Crippen molar-refractivity contribution in [2.75, 3.05) is 21.2 Å². The fourth-order valence-electron chi connectivity index (χ4n) is 4.49. The van der Waals surface area contributed by atoms with Crippen molar-refractivity contribution >= 4 is 28.0 Å². The van der Waals surface area contributed by atoms with Crippen LogP contribution in [0.3, 0.4) is 0 Å². The molecule has 0 saturated carbocycles. The highest BCUT2D eigenvalue weighted by atomic mass is 32.2. The zero-order valence-corrected chi connectivity index (χ0v) is 18.7. The quantitative estimate of drug-likeness (QED) is 0.605. The van der Waals surface area contributed by atoms with Gasteiger partial charge in [0.2, 0.25) is 4.90 Å². The van der Waals surface area contributed by atoms with Crippen LogP contribution in [0.25, 0.3) is 10.9 Å². The van der Waals surface area contributed by atoms with Crippen LogP contribution in [0.5, 0.6) is 5.75 Å². The number of fused-ring (bicyclic) bond motifs is 4. The van der Waals surface area contributed by atoms with Crippen LogP contribution in [-0.2, 0) is 23.8 Å². The molecule has 0 amide bonds. The molecular formula is C23H23N3O3S. The molecule has 1 atom stereocenters. The van der Waals surface area contributed by atoms with E-state index in [1.54, 1.807) is 37.6 Å². The average molecular weight is 422 g/mol. The zero-order valence-electron chi connectivity index (χ0n) is 17.9. The highest BCUT2D eigenvalue weighted by Crippen LogP contribution is 2.47. The van der Waals surface area contributed by atoms with E-state index in [2.05, 4.69) is 19.9 Å². The first-order valence-corrected chi connectivity index (χ1v) is 10.6. The number of hydrogen-bond acceptors (Lipinski definition) is 5. The van der Waals surface area contributed by atoms with Gasteiger partial charge in [-0.2, -0.15) is 5.26 Å². The van der Waals surface area contributed by atoms with Crippen molar-refractivity contribution < 1.29 is 14.1 Å². The molecule has 1 aromatic heterocycles. The number of carbonyl (C=O) groups excluding carboxylic acids is 1. The average Bonchev–Trinajstić information content (AvgIpc) is 3.03. The lowest BCUT2D eigenvalue weighted by molar-refractivity contribution is 0.103. The molecule has 6 nitrogen and oxygen atoms in total. The van der Waals surface area contributed by atoms with Gasteiger partial charge in [0, 0.05) is 49.3 Å². The Morgan fingerprint density at radius 1 is 1.23 bits per heavy atom. The number of nitrogens with zero attached hydrogens (tertiary/aromatic N) is 3. The highest BCUT2D eigenvalue weighted by molar-refractivity contribution is 7.89. The van der Waals surface area contributed by atoms with Crippen LogP contribution in [0.4, 0.5) is 0 Å². The summed E-state index contributed by atoms with van der Waals surface area (Å²) in [6.07, 6.45) is 0. The van der Waals surface area contributed by atoms with Gasteiger partial charge in [0.05, 0.1) is 41.2 Å². The van der Waals surface area contributed by atoms with Crippen LogP contribution in [-0.4, -0.2) is 40.4 Å². The smallest absolute Gasteiger partial charge is 0.216 e. The minimum atomic E-state index is -1.45. The summed E-state index contributed by atoms with van der Waals surface area (Å²) in [5.74, 6) is 0.393. The molecule has 4 rings (SSSR count). The maximum Gasteiger partial charge on any atom is 0.216 e. The Morgan fingerprint density at radius 3 is 2.53 bits per heavy atom. The molecule has 0 fully saturated rings. The molecule has 154 valence electrons. The molecular weight excluding hydrogens is 398 g/mol. The van der Waals surface area contributed by atoms with Crippen molar-refractivity contribution in [3.8, 4) is 11.8 Å².